The van der Waals surface area contributed by atoms with Gasteiger partial charge in [-0.2, -0.15) is 5.10 Å². The van der Waals surface area contributed by atoms with Crippen LogP contribution < -0.4 is 20.2 Å². The summed E-state index contributed by atoms with van der Waals surface area (Å²) in [4.78, 5) is 36.3. The predicted octanol–water partition coefficient (Wildman–Crippen LogP) is 1.18. The maximum atomic E-state index is 11.7. The Morgan fingerprint density at radius 1 is 1.21 bits per heavy atom. The second kappa shape index (κ2) is 11.1. The van der Waals surface area contributed by atoms with Crippen molar-refractivity contribution in [3.8, 4) is 11.5 Å². The fraction of sp³-hybridized carbons (Fsp3) is 0.444. The van der Waals surface area contributed by atoms with E-state index in [0.29, 0.717) is 17.9 Å². The molecule has 0 unspecified atom stereocenters. The molecule has 28 heavy (non-hydrogen) atoms. The molecule has 2 N–H and O–H groups in total. The number of halogens is 1. The van der Waals surface area contributed by atoms with E-state index in [4.69, 9.17) is 21.1 Å². The summed E-state index contributed by atoms with van der Waals surface area (Å²) < 4.78 is 11.0. The molecule has 0 aliphatic carbocycles. The Labute approximate surface area is 169 Å². The summed E-state index contributed by atoms with van der Waals surface area (Å²) in [6.45, 7) is 5.42. The van der Waals surface area contributed by atoms with Crippen molar-refractivity contribution in [3.05, 3.63) is 22.7 Å². The van der Waals surface area contributed by atoms with E-state index in [9.17, 15) is 14.4 Å². The molecule has 0 atom stereocenters. The second-order valence-electron chi connectivity index (χ2n) is 6.17. The first-order valence-corrected chi connectivity index (χ1v) is 8.96. The fourth-order valence-electron chi connectivity index (χ4n) is 1.87. The zero-order valence-electron chi connectivity index (χ0n) is 16.5. The molecular formula is C18H25ClN4O5. The van der Waals surface area contributed by atoms with Crippen molar-refractivity contribution in [2.24, 2.45) is 5.10 Å². The molecule has 0 aliphatic heterocycles. The van der Waals surface area contributed by atoms with Crippen LogP contribution in [0, 0.1) is 0 Å². The number of benzene rings is 1. The molecule has 3 amide bonds. The molecule has 0 aromatic heterocycles. The number of carbonyl (C=O) groups excluding carboxylic acids is 3. The summed E-state index contributed by atoms with van der Waals surface area (Å²) in [6.07, 6.45) is 1.31. The molecule has 0 aliphatic rings. The van der Waals surface area contributed by atoms with Crippen molar-refractivity contribution in [2.75, 3.05) is 27.3 Å². The second-order valence-corrected chi connectivity index (χ2v) is 6.57. The molecule has 0 heterocycles. The number of rotatable bonds is 8. The number of amides is 3. The molecule has 1 rings (SSSR count). The van der Waals surface area contributed by atoms with Gasteiger partial charge < -0.3 is 19.7 Å². The van der Waals surface area contributed by atoms with E-state index < -0.39 is 11.8 Å². The van der Waals surface area contributed by atoms with Gasteiger partial charge in [-0.15, -0.1) is 0 Å². The van der Waals surface area contributed by atoms with Gasteiger partial charge in [0.15, 0.2) is 18.1 Å². The van der Waals surface area contributed by atoms with Crippen LogP contribution in [0.2, 0.25) is 5.02 Å². The highest BCUT2D eigenvalue weighted by molar-refractivity contribution is 6.35. The van der Waals surface area contributed by atoms with Gasteiger partial charge in [-0.05, 0) is 38.5 Å². The van der Waals surface area contributed by atoms with E-state index in [1.807, 2.05) is 0 Å². The highest BCUT2D eigenvalue weighted by atomic mass is 35.5. The molecule has 0 bridgehead atoms. The minimum absolute atomic E-state index is 0.165. The number of nitrogens with zero attached hydrogens (tertiary/aromatic N) is 2. The van der Waals surface area contributed by atoms with Gasteiger partial charge in [0.25, 0.3) is 5.91 Å². The van der Waals surface area contributed by atoms with Crippen LogP contribution in [0.15, 0.2) is 17.2 Å². The van der Waals surface area contributed by atoms with E-state index in [2.05, 4.69) is 15.8 Å². The molecule has 10 heteroatoms. The molecular weight excluding hydrogens is 388 g/mol. The molecule has 0 fully saturated rings. The lowest BCUT2D eigenvalue weighted by atomic mass is 10.2. The highest BCUT2D eigenvalue weighted by Crippen LogP contribution is 2.36. The van der Waals surface area contributed by atoms with Crippen LogP contribution in [-0.2, 0) is 14.4 Å². The average Bonchev–Trinajstić information content (AvgIpc) is 2.60. The van der Waals surface area contributed by atoms with Gasteiger partial charge in [0.05, 0.1) is 17.8 Å². The summed E-state index contributed by atoms with van der Waals surface area (Å²) in [5, 5.41) is 6.40. The van der Waals surface area contributed by atoms with Gasteiger partial charge >= 0.3 is 11.8 Å². The normalized spacial score (nSPS) is 10.7. The largest absolute Gasteiger partial charge is 0.490 e. The maximum Gasteiger partial charge on any atom is 0.329 e. The van der Waals surface area contributed by atoms with Crippen LogP contribution in [0.25, 0.3) is 0 Å². The molecule has 0 spiro atoms. The van der Waals surface area contributed by atoms with Gasteiger partial charge in [-0.1, -0.05) is 11.6 Å². The summed E-state index contributed by atoms with van der Waals surface area (Å²) >= 11 is 6.24. The number of carbonyl (C=O) groups is 3. The van der Waals surface area contributed by atoms with E-state index in [1.165, 1.54) is 17.2 Å². The molecule has 0 radical (unpaired) electrons. The summed E-state index contributed by atoms with van der Waals surface area (Å²) in [5.74, 6) is -1.34. The Morgan fingerprint density at radius 3 is 2.46 bits per heavy atom. The van der Waals surface area contributed by atoms with E-state index in [0.717, 1.165) is 0 Å². The van der Waals surface area contributed by atoms with Crippen molar-refractivity contribution in [1.82, 2.24) is 15.6 Å². The Balaban J connectivity index is 2.89. The number of nitrogens with one attached hydrogen (secondary N) is 2. The lowest BCUT2D eigenvalue weighted by Crippen LogP contribution is -2.41. The van der Waals surface area contributed by atoms with E-state index >= 15 is 0 Å². The molecule has 9 nitrogen and oxygen atoms in total. The number of likely N-dealkylation sites (N-methyl/N-ethyl adjacent to an activating group) is 1. The molecule has 0 saturated heterocycles. The van der Waals surface area contributed by atoms with E-state index in [-0.39, 0.29) is 29.3 Å². The lowest BCUT2D eigenvalue weighted by molar-refractivity contribution is -0.139. The van der Waals surface area contributed by atoms with Gasteiger partial charge in [-0.25, -0.2) is 5.43 Å². The van der Waals surface area contributed by atoms with E-state index in [1.54, 1.807) is 40.9 Å². The summed E-state index contributed by atoms with van der Waals surface area (Å²) in [5.41, 5.74) is 2.63. The van der Waals surface area contributed by atoms with Crippen molar-refractivity contribution in [1.29, 1.82) is 0 Å². The Hall–Kier alpha value is -2.81. The third kappa shape index (κ3) is 7.43. The number of hydrogen-bond donors (Lipinski definition) is 2. The monoisotopic (exact) mass is 412 g/mol. The summed E-state index contributed by atoms with van der Waals surface area (Å²) in [6, 6.07) is 2.96. The van der Waals surface area contributed by atoms with Crippen molar-refractivity contribution < 1.29 is 23.9 Å². The number of ether oxygens (including phenoxy) is 2. The van der Waals surface area contributed by atoms with Gasteiger partial charge in [0.2, 0.25) is 0 Å². The first-order valence-electron chi connectivity index (χ1n) is 8.58. The lowest BCUT2D eigenvalue weighted by Gasteiger charge is -2.16. The SMILES string of the molecule is CCOc1cc(/C=N\NC(=O)C(=O)NC(C)C)cc(Cl)c1OCC(=O)N(C)C. The quantitative estimate of drug-likeness (QED) is 0.378. The highest BCUT2D eigenvalue weighted by Gasteiger charge is 2.15. The van der Waals surface area contributed by atoms with Crippen LogP contribution in [-0.4, -0.2) is 62.2 Å². The van der Waals surface area contributed by atoms with Gasteiger partial charge in [0.1, 0.15) is 0 Å². The van der Waals surface area contributed by atoms with Crippen LogP contribution in [0.5, 0.6) is 11.5 Å². The van der Waals surface area contributed by atoms with Crippen LogP contribution in [0.3, 0.4) is 0 Å². The minimum Gasteiger partial charge on any atom is -0.490 e. The zero-order chi connectivity index (χ0) is 21.3. The molecule has 0 saturated carbocycles. The van der Waals surface area contributed by atoms with Crippen LogP contribution in [0.1, 0.15) is 26.3 Å². The maximum absolute atomic E-state index is 11.7. The Morgan fingerprint density at radius 2 is 1.89 bits per heavy atom. The van der Waals surface area contributed by atoms with Crippen LogP contribution >= 0.6 is 11.6 Å². The third-order valence-corrected chi connectivity index (χ3v) is 3.46. The summed E-state index contributed by atoms with van der Waals surface area (Å²) in [7, 11) is 3.23. The van der Waals surface area contributed by atoms with Gasteiger partial charge in [-0.3, -0.25) is 14.4 Å². The van der Waals surface area contributed by atoms with Crippen LogP contribution in [0.4, 0.5) is 0 Å². The zero-order valence-corrected chi connectivity index (χ0v) is 17.3. The standard InChI is InChI=1S/C18H25ClN4O5/c1-6-27-14-8-12(9-20-22-18(26)17(25)21-11(2)3)7-13(19)16(14)28-10-15(24)23(4)5/h7-9,11H,6,10H2,1-5H3,(H,21,25)(H,22,26)/b20-9-. The molecule has 154 valence electrons. The average molecular weight is 413 g/mol. The first kappa shape index (κ1) is 23.2. The first-order chi connectivity index (χ1) is 13.1. The smallest absolute Gasteiger partial charge is 0.329 e. The molecule has 1 aromatic rings. The van der Waals surface area contributed by atoms with Crippen molar-refractivity contribution >= 4 is 35.5 Å². The van der Waals surface area contributed by atoms with Gasteiger partial charge in [0, 0.05) is 20.1 Å². The van der Waals surface area contributed by atoms with Crippen molar-refractivity contribution in [2.45, 2.75) is 26.8 Å². The fourth-order valence-corrected chi connectivity index (χ4v) is 2.15. The number of hydrogen-bond acceptors (Lipinski definition) is 6. The predicted molar refractivity (Wildman–Crippen MR) is 106 cm³/mol. The Bertz CT molecular complexity index is 750. The third-order valence-electron chi connectivity index (χ3n) is 3.18. The minimum atomic E-state index is -0.886. The topological polar surface area (TPSA) is 109 Å². The molecule has 1 aromatic carbocycles. The Kier molecular flexibility index (Phi) is 9.23. The number of hydrazone groups is 1. The van der Waals surface area contributed by atoms with Crippen molar-refractivity contribution in [3.63, 3.8) is 0 Å².